The first-order valence-corrected chi connectivity index (χ1v) is 12.4. The second kappa shape index (κ2) is 10.6. The fourth-order valence-electron chi connectivity index (χ4n) is 4.35. The summed E-state index contributed by atoms with van der Waals surface area (Å²) < 4.78 is 8.32. The van der Waals surface area contributed by atoms with Gasteiger partial charge in [0.25, 0.3) is 5.91 Å². The minimum absolute atomic E-state index is 0.162. The number of amides is 1. The predicted octanol–water partition coefficient (Wildman–Crippen LogP) is 6.16. The van der Waals surface area contributed by atoms with Crippen molar-refractivity contribution in [2.45, 2.75) is 39.2 Å². The average Bonchev–Trinajstić information content (AvgIpc) is 3.67. The van der Waals surface area contributed by atoms with E-state index >= 15 is 0 Å². The number of ether oxygens (including phenoxy) is 1. The van der Waals surface area contributed by atoms with Crippen LogP contribution in [0.4, 0.5) is 5.69 Å². The van der Waals surface area contributed by atoms with Crippen molar-refractivity contribution in [1.29, 1.82) is 0 Å². The highest BCUT2D eigenvalue weighted by molar-refractivity contribution is 5.96. The Kier molecular flexibility index (Phi) is 6.94. The third-order valence-corrected chi connectivity index (χ3v) is 6.54. The normalized spacial score (nSPS) is 13.3. The van der Waals surface area contributed by atoms with E-state index in [1.807, 2.05) is 73.3 Å². The van der Waals surface area contributed by atoms with Crippen LogP contribution in [0.25, 0.3) is 11.4 Å². The summed E-state index contributed by atoms with van der Waals surface area (Å²) in [6.45, 7) is 8.01. The lowest BCUT2D eigenvalue weighted by molar-refractivity contribution is 0.0950. The van der Waals surface area contributed by atoms with Gasteiger partial charge in [-0.3, -0.25) is 14.8 Å². The highest BCUT2D eigenvalue weighted by Gasteiger charge is 2.27. The fraction of sp³-hybridized carbons (Fsp3) is 0.200. The molecule has 4 aromatic rings. The van der Waals surface area contributed by atoms with E-state index in [9.17, 15) is 4.79 Å². The van der Waals surface area contributed by atoms with Crippen molar-refractivity contribution in [3.8, 4) is 11.4 Å². The van der Waals surface area contributed by atoms with Crippen LogP contribution >= 0.6 is 0 Å². The van der Waals surface area contributed by atoms with Crippen LogP contribution in [0, 0.1) is 6.92 Å². The second-order valence-electron chi connectivity index (χ2n) is 9.02. The lowest BCUT2D eigenvalue weighted by atomic mass is 10.1. The molecule has 1 amide bonds. The summed E-state index contributed by atoms with van der Waals surface area (Å²) in [4.78, 5) is 21.2. The van der Waals surface area contributed by atoms with E-state index in [0.717, 1.165) is 22.4 Å². The number of nitrogens with one attached hydrogen (secondary N) is 1. The Morgan fingerprint density at radius 2 is 1.95 bits per heavy atom. The van der Waals surface area contributed by atoms with Crippen LogP contribution in [-0.2, 0) is 6.54 Å². The van der Waals surface area contributed by atoms with Gasteiger partial charge in [-0.05, 0) is 93.6 Å². The smallest absolute Gasteiger partial charge is 0.251 e. The van der Waals surface area contributed by atoms with Gasteiger partial charge in [-0.2, -0.15) is 5.10 Å². The number of aromatic nitrogens is 3. The highest BCUT2D eigenvalue weighted by atomic mass is 16.5. The van der Waals surface area contributed by atoms with Crippen molar-refractivity contribution in [2.24, 2.45) is 4.99 Å². The van der Waals surface area contributed by atoms with Crippen LogP contribution < -0.4 is 10.1 Å². The van der Waals surface area contributed by atoms with Gasteiger partial charge in [-0.15, -0.1) is 0 Å². The standard InChI is InChI=1S/C30H29N5O2/c1-4-28(25-11-10-23(18-26(25)31-3)35-27(14-17-34-35)22-8-9-22)37-29-7-5-6-24(20(29)2)30(36)33-19-21-12-15-32-16-13-21/h4-7,10-18,22H,3,8-9,19H2,1-2H3,(H,33,36)/b28-4+. The molecule has 1 saturated carbocycles. The number of hydrogen-bond donors (Lipinski definition) is 1. The lowest BCUT2D eigenvalue weighted by Crippen LogP contribution is -2.23. The molecule has 0 bridgehead atoms. The van der Waals surface area contributed by atoms with Gasteiger partial charge in [0.15, 0.2) is 0 Å². The second-order valence-corrected chi connectivity index (χ2v) is 9.02. The van der Waals surface area contributed by atoms with Gasteiger partial charge in [0.2, 0.25) is 0 Å². The molecule has 186 valence electrons. The van der Waals surface area contributed by atoms with E-state index in [0.29, 0.717) is 35.2 Å². The number of pyridine rings is 1. The maximum atomic E-state index is 12.9. The Morgan fingerprint density at radius 3 is 2.68 bits per heavy atom. The van der Waals surface area contributed by atoms with Crippen molar-refractivity contribution < 1.29 is 9.53 Å². The van der Waals surface area contributed by atoms with Crippen molar-refractivity contribution >= 4 is 24.1 Å². The molecule has 0 atom stereocenters. The molecule has 1 aliphatic rings. The summed E-state index contributed by atoms with van der Waals surface area (Å²) in [6.07, 6.45) is 9.55. The van der Waals surface area contributed by atoms with Gasteiger partial charge >= 0.3 is 0 Å². The van der Waals surface area contributed by atoms with Crippen LogP contribution in [-0.4, -0.2) is 27.4 Å². The molecule has 37 heavy (non-hydrogen) atoms. The van der Waals surface area contributed by atoms with Gasteiger partial charge < -0.3 is 10.1 Å². The molecule has 1 fully saturated rings. The van der Waals surface area contributed by atoms with Gasteiger partial charge in [0.1, 0.15) is 11.5 Å². The summed E-state index contributed by atoms with van der Waals surface area (Å²) >= 11 is 0. The molecule has 2 aromatic heterocycles. The van der Waals surface area contributed by atoms with Crippen LogP contribution in [0.2, 0.25) is 0 Å². The quantitative estimate of drug-likeness (QED) is 0.225. The molecule has 1 N–H and O–H groups in total. The third kappa shape index (κ3) is 5.21. The molecule has 2 heterocycles. The summed E-state index contributed by atoms with van der Waals surface area (Å²) in [5.74, 6) is 1.65. The van der Waals surface area contributed by atoms with Crippen LogP contribution in [0.5, 0.6) is 5.75 Å². The number of carbonyl (C=O) groups excluding carboxylic acids is 1. The zero-order valence-corrected chi connectivity index (χ0v) is 21.0. The maximum absolute atomic E-state index is 12.9. The Morgan fingerprint density at radius 1 is 1.14 bits per heavy atom. The first-order valence-electron chi connectivity index (χ1n) is 12.4. The van der Waals surface area contributed by atoms with Gasteiger partial charge in [0, 0.05) is 53.4 Å². The SMILES string of the molecule is C=Nc1cc(-n2nccc2C2CC2)ccc1/C(=C\C)Oc1cccc(C(=O)NCc2ccncc2)c1C. The number of aliphatic imine (C=N–C) groups is 1. The summed E-state index contributed by atoms with van der Waals surface area (Å²) in [6, 6.07) is 17.3. The van der Waals surface area contributed by atoms with E-state index in [1.165, 1.54) is 18.5 Å². The number of allylic oxidation sites excluding steroid dienone is 1. The van der Waals surface area contributed by atoms with Crippen molar-refractivity contribution in [3.05, 3.63) is 107 Å². The van der Waals surface area contributed by atoms with Gasteiger partial charge in [-0.1, -0.05) is 6.07 Å². The molecule has 0 radical (unpaired) electrons. The van der Waals surface area contributed by atoms with Crippen molar-refractivity contribution in [1.82, 2.24) is 20.1 Å². The Labute approximate surface area is 216 Å². The average molecular weight is 492 g/mol. The van der Waals surface area contributed by atoms with E-state index < -0.39 is 0 Å². The number of benzene rings is 2. The summed E-state index contributed by atoms with van der Waals surface area (Å²) in [5, 5.41) is 7.49. The van der Waals surface area contributed by atoms with E-state index in [-0.39, 0.29) is 5.91 Å². The molecular formula is C30H29N5O2. The van der Waals surface area contributed by atoms with Crippen LogP contribution in [0.1, 0.15) is 58.4 Å². The monoisotopic (exact) mass is 491 g/mol. The predicted molar refractivity (Wildman–Crippen MR) is 146 cm³/mol. The minimum atomic E-state index is -0.162. The number of hydrogen-bond acceptors (Lipinski definition) is 5. The van der Waals surface area contributed by atoms with E-state index in [2.05, 4.69) is 33.2 Å². The first kappa shape index (κ1) is 24.2. The molecule has 0 spiro atoms. The van der Waals surface area contributed by atoms with E-state index in [1.54, 1.807) is 18.5 Å². The molecule has 1 aliphatic carbocycles. The maximum Gasteiger partial charge on any atom is 0.251 e. The Balaban J connectivity index is 1.37. The van der Waals surface area contributed by atoms with E-state index in [4.69, 9.17) is 4.74 Å². The number of nitrogens with zero attached hydrogens (tertiary/aromatic N) is 4. The topological polar surface area (TPSA) is 81.4 Å². The molecule has 0 saturated heterocycles. The van der Waals surface area contributed by atoms with Crippen LogP contribution in [0.15, 0.2) is 84.3 Å². The number of rotatable bonds is 9. The molecule has 0 aliphatic heterocycles. The largest absolute Gasteiger partial charge is 0.457 e. The molecule has 0 unspecified atom stereocenters. The zero-order chi connectivity index (χ0) is 25.8. The van der Waals surface area contributed by atoms with Crippen molar-refractivity contribution in [3.63, 3.8) is 0 Å². The van der Waals surface area contributed by atoms with Gasteiger partial charge in [-0.25, -0.2) is 4.68 Å². The first-order chi connectivity index (χ1) is 18.1. The number of carbonyl (C=O) groups is 1. The zero-order valence-electron chi connectivity index (χ0n) is 21.0. The highest BCUT2D eigenvalue weighted by Crippen LogP contribution is 2.41. The van der Waals surface area contributed by atoms with Crippen molar-refractivity contribution in [2.75, 3.05) is 0 Å². The summed E-state index contributed by atoms with van der Waals surface area (Å²) in [7, 11) is 0. The molecular weight excluding hydrogens is 462 g/mol. The molecule has 2 aromatic carbocycles. The molecule has 5 rings (SSSR count). The summed E-state index contributed by atoms with van der Waals surface area (Å²) in [5.41, 5.74) is 5.98. The third-order valence-electron chi connectivity index (χ3n) is 6.54. The van der Waals surface area contributed by atoms with Gasteiger partial charge in [0.05, 0.1) is 11.4 Å². The molecule has 7 heteroatoms. The minimum Gasteiger partial charge on any atom is -0.457 e. The fourth-order valence-corrected chi connectivity index (χ4v) is 4.35. The Bertz CT molecular complexity index is 1470. The Hall–Kier alpha value is -4.52. The molecule has 7 nitrogen and oxygen atoms in total. The van der Waals surface area contributed by atoms with Crippen LogP contribution in [0.3, 0.4) is 0 Å². The lowest BCUT2D eigenvalue weighted by Gasteiger charge is -2.17.